The van der Waals surface area contributed by atoms with Crippen molar-refractivity contribution in [2.75, 3.05) is 19.5 Å². The Kier molecular flexibility index (Phi) is 9.75. The molecule has 1 atom stereocenters. The molecule has 10 heteroatoms. The average molecular weight is 635 g/mol. The number of benzene rings is 3. The standard InChI is InChI=1S/C33H31ClN2O5S2/c1-5-39-27-17-22(9-16-26(27)41-19-21-7-12-24(34)13-8-21)18-28-31(37)36-30(23-10-14-25(42-4)15-11-23)29(32(38)40-6-2)20(3)35-33(36)43-28/h7-18,30H,5-6,19H2,1-4H3/b28-18-/t30-/m0/s1. The number of carbonyl (C=O) groups is 1. The van der Waals surface area contributed by atoms with Crippen molar-refractivity contribution < 1.29 is 19.0 Å². The maximum absolute atomic E-state index is 14.0. The van der Waals surface area contributed by atoms with E-state index in [0.717, 1.165) is 21.6 Å². The van der Waals surface area contributed by atoms with E-state index in [0.29, 0.717) is 50.3 Å². The van der Waals surface area contributed by atoms with Gasteiger partial charge in [0.15, 0.2) is 16.3 Å². The molecular formula is C33H31ClN2O5S2. The van der Waals surface area contributed by atoms with Gasteiger partial charge in [-0.3, -0.25) is 9.36 Å². The Morgan fingerprint density at radius 1 is 1.02 bits per heavy atom. The highest BCUT2D eigenvalue weighted by molar-refractivity contribution is 7.98. The van der Waals surface area contributed by atoms with Gasteiger partial charge in [-0.2, -0.15) is 0 Å². The first-order chi connectivity index (χ1) is 20.8. The molecule has 0 radical (unpaired) electrons. The number of ether oxygens (including phenoxy) is 3. The third kappa shape index (κ3) is 6.74. The number of hydrogen-bond donors (Lipinski definition) is 0. The summed E-state index contributed by atoms with van der Waals surface area (Å²) in [6.45, 7) is 6.48. The van der Waals surface area contributed by atoms with E-state index in [9.17, 15) is 9.59 Å². The molecule has 0 N–H and O–H groups in total. The van der Waals surface area contributed by atoms with Crippen molar-refractivity contribution in [3.8, 4) is 11.5 Å². The van der Waals surface area contributed by atoms with Gasteiger partial charge in [-0.15, -0.1) is 11.8 Å². The Morgan fingerprint density at radius 2 is 1.77 bits per heavy atom. The molecule has 0 unspecified atom stereocenters. The maximum Gasteiger partial charge on any atom is 0.338 e. The van der Waals surface area contributed by atoms with Crippen molar-refractivity contribution in [1.82, 2.24) is 4.57 Å². The first-order valence-electron chi connectivity index (χ1n) is 13.8. The number of allylic oxidation sites excluding steroid dienone is 1. The smallest absolute Gasteiger partial charge is 0.338 e. The highest BCUT2D eigenvalue weighted by atomic mass is 35.5. The lowest BCUT2D eigenvalue weighted by atomic mass is 9.96. The Bertz CT molecular complexity index is 1840. The molecule has 222 valence electrons. The molecule has 0 aliphatic carbocycles. The quantitative estimate of drug-likeness (QED) is 0.154. The number of nitrogens with zero attached hydrogens (tertiary/aromatic N) is 2. The second-order valence-corrected chi connectivity index (χ2v) is 12.0. The number of hydrogen-bond acceptors (Lipinski definition) is 8. The zero-order chi connectivity index (χ0) is 30.5. The lowest BCUT2D eigenvalue weighted by Crippen LogP contribution is -2.39. The third-order valence-corrected chi connectivity index (χ3v) is 8.80. The minimum atomic E-state index is -0.656. The van der Waals surface area contributed by atoms with Gasteiger partial charge < -0.3 is 14.2 Å². The van der Waals surface area contributed by atoms with Crippen LogP contribution >= 0.6 is 34.7 Å². The normalized spacial score (nSPS) is 14.7. The number of fused-ring (bicyclic) bond motifs is 1. The fourth-order valence-corrected chi connectivity index (χ4v) is 6.37. The molecule has 1 aliphatic rings. The van der Waals surface area contributed by atoms with Crippen LogP contribution in [0.2, 0.25) is 5.02 Å². The van der Waals surface area contributed by atoms with Crippen LogP contribution < -0.4 is 24.4 Å². The van der Waals surface area contributed by atoms with Gasteiger partial charge in [0.05, 0.1) is 35.1 Å². The minimum absolute atomic E-state index is 0.222. The number of thioether (sulfide) groups is 1. The second kappa shape index (κ2) is 13.7. The van der Waals surface area contributed by atoms with Gasteiger partial charge in [-0.05, 0) is 86.2 Å². The van der Waals surface area contributed by atoms with Gasteiger partial charge in [0.1, 0.15) is 6.61 Å². The monoisotopic (exact) mass is 634 g/mol. The fourth-order valence-electron chi connectivity index (χ4n) is 4.79. The minimum Gasteiger partial charge on any atom is -0.490 e. The number of aromatic nitrogens is 1. The number of halogens is 1. The average Bonchev–Trinajstić information content (AvgIpc) is 3.31. The van der Waals surface area contributed by atoms with Gasteiger partial charge in [0, 0.05) is 9.92 Å². The summed E-state index contributed by atoms with van der Waals surface area (Å²) in [6.07, 6.45) is 3.81. The third-order valence-electron chi connectivity index (χ3n) is 6.82. The molecule has 0 spiro atoms. The maximum atomic E-state index is 14.0. The van der Waals surface area contributed by atoms with Gasteiger partial charge in [0.2, 0.25) is 0 Å². The highest BCUT2D eigenvalue weighted by Gasteiger charge is 2.33. The van der Waals surface area contributed by atoms with Gasteiger partial charge in [0.25, 0.3) is 5.56 Å². The van der Waals surface area contributed by atoms with Crippen molar-refractivity contribution in [2.24, 2.45) is 4.99 Å². The number of carbonyl (C=O) groups excluding carboxylic acids is 1. The fraction of sp³-hybridized carbons (Fsp3) is 0.242. The van der Waals surface area contributed by atoms with E-state index in [-0.39, 0.29) is 12.2 Å². The molecule has 4 aromatic rings. The molecule has 0 fully saturated rings. The molecular weight excluding hydrogens is 604 g/mol. The van der Waals surface area contributed by atoms with Crippen LogP contribution in [0.25, 0.3) is 6.08 Å². The molecule has 0 saturated carbocycles. The SMILES string of the molecule is CCOC(=O)C1=C(C)N=c2s/c(=C\c3ccc(OCc4ccc(Cl)cc4)c(OCC)c3)c(=O)n2[C@H]1c1ccc(SC)cc1. The summed E-state index contributed by atoms with van der Waals surface area (Å²) in [5, 5.41) is 0.667. The molecule has 0 amide bonds. The first-order valence-corrected chi connectivity index (χ1v) is 16.2. The van der Waals surface area contributed by atoms with E-state index in [2.05, 4.69) is 4.99 Å². The lowest BCUT2D eigenvalue weighted by Gasteiger charge is -2.24. The van der Waals surface area contributed by atoms with Crippen LogP contribution in [0.3, 0.4) is 0 Å². The Balaban J connectivity index is 1.54. The summed E-state index contributed by atoms with van der Waals surface area (Å²) in [5.41, 5.74) is 3.22. The predicted octanol–water partition coefficient (Wildman–Crippen LogP) is 6.15. The molecule has 2 heterocycles. The molecule has 43 heavy (non-hydrogen) atoms. The van der Waals surface area contributed by atoms with Gasteiger partial charge >= 0.3 is 5.97 Å². The van der Waals surface area contributed by atoms with Crippen LogP contribution in [0.4, 0.5) is 0 Å². The van der Waals surface area contributed by atoms with Crippen molar-refractivity contribution in [3.63, 3.8) is 0 Å². The zero-order valence-electron chi connectivity index (χ0n) is 24.3. The second-order valence-electron chi connectivity index (χ2n) is 9.63. The Labute approximate surface area is 263 Å². The van der Waals surface area contributed by atoms with Crippen LogP contribution in [-0.2, 0) is 16.1 Å². The number of thiazole rings is 1. The molecule has 3 aromatic carbocycles. The van der Waals surface area contributed by atoms with Crippen LogP contribution in [0, 0.1) is 0 Å². The summed E-state index contributed by atoms with van der Waals surface area (Å²) in [6, 6.07) is 20.3. The molecule has 5 rings (SSSR count). The van der Waals surface area contributed by atoms with Crippen molar-refractivity contribution >= 4 is 46.7 Å². The van der Waals surface area contributed by atoms with E-state index in [4.69, 9.17) is 25.8 Å². The van der Waals surface area contributed by atoms with Crippen LogP contribution in [0.15, 0.2) is 92.7 Å². The summed E-state index contributed by atoms with van der Waals surface area (Å²) < 4.78 is 19.4. The number of rotatable bonds is 10. The van der Waals surface area contributed by atoms with E-state index in [1.165, 1.54) is 11.3 Å². The Morgan fingerprint density at radius 3 is 2.44 bits per heavy atom. The lowest BCUT2D eigenvalue weighted by molar-refractivity contribution is -0.139. The van der Waals surface area contributed by atoms with Crippen LogP contribution in [0.5, 0.6) is 11.5 Å². The predicted molar refractivity (Wildman–Crippen MR) is 172 cm³/mol. The molecule has 0 saturated heterocycles. The topological polar surface area (TPSA) is 79.1 Å². The van der Waals surface area contributed by atoms with E-state index in [1.54, 1.807) is 30.2 Å². The summed E-state index contributed by atoms with van der Waals surface area (Å²) >= 11 is 8.90. The molecule has 1 aliphatic heterocycles. The van der Waals surface area contributed by atoms with Crippen molar-refractivity contribution in [2.45, 2.75) is 38.3 Å². The molecule has 1 aromatic heterocycles. The Hall–Kier alpha value is -3.79. The summed E-state index contributed by atoms with van der Waals surface area (Å²) in [5.74, 6) is 0.691. The largest absolute Gasteiger partial charge is 0.490 e. The summed E-state index contributed by atoms with van der Waals surface area (Å²) in [7, 11) is 0. The van der Waals surface area contributed by atoms with Gasteiger partial charge in [-0.25, -0.2) is 9.79 Å². The van der Waals surface area contributed by atoms with E-state index < -0.39 is 12.0 Å². The van der Waals surface area contributed by atoms with E-state index >= 15 is 0 Å². The molecule has 0 bridgehead atoms. The summed E-state index contributed by atoms with van der Waals surface area (Å²) in [4.78, 5) is 33.4. The first kappa shape index (κ1) is 30.7. The van der Waals surface area contributed by atoms with Crippen molar-refractivity contribution in [3.05, 3.63) is 119 Å². The highest BCUT2D eigenvalue weighted by Crippen LogP contribution is 2.32. The van der Waals surface area contributed by atoms with Crippen molar-refractivity contribution in [1.29, 1.82) is 0 Å². The van der Waals surface area contributed by atoms with E-state index in [1.807, 2.05) is 86.0 Å². The van der Waals surface area contributed by atoms with Crippen LogP contribution in [0.1, 0.15) is 43.5 Å². The van der Waals surface area contributed by atoms with Crippen LogP contribution in [-0.4, -0.2) is 30.0 Å². The molecule has 7 nitrogen and oxygen atoms in total. The number of esters is 1. The van der Waals surface area contributed by atoms with Gasteiger partial charge in [-0.1, -0.05) is 53.3 Å². The zero-order valence-corrected chi connectivity index (χ0v) is 26.6.